The van der Waals surface area contributed by atoms with Crippen LogP contribution in [0.25, 0.3) is 0 Å². The van der Waals surface area contributed by atoms with Crippen LogP contribution in [-0.2, 0) is 19.1 Å². The average molecular weight is 395 g/mol. The monoisotopic (exact) mass is 395 g/mol. The van der Waals surface area contributed by atoms with E-state index < -0.39 is 28.2 Å². The SMILES string of the molecule is CN1CCC(Oc2ccc(B3OC(C)(C)C(C)(C)O3)cc2S(C)(=O)=O)CC1. The Morgan fingerprint density at radius 3 is 2.19 bits per heavy atom. The minimum atomic E-state index is -3.45. The van der Waals surface area contributed by atoms with Crippen LogP contribution in [0.5, 0.6) is 5.75 Å². The van der Waals surface area contributed by atoms with Crippen molar-refractivity contribution in [2.24, 2.45) is 0 Å². The lowest BCUT2D eigenvalue weighted by Gasteiger charge is -2.32. The van der Waals surface area contributed by atoms with Crippen LogP contribution in [-0.4, -0.2) is 64.1 Å². The first-order chi connectivity index (χ1) is 12.4. The lowest BCUT2D eigenvalue weighted by Crippen LogP contribution is -2.41. The Hall–Kier alpha value is -1.09. The van der Waals surface area contributed by atoms with Crippen LogP contribution >= 0.6 is 0 Å². The van der Waals surface area contributed by atoms with E-state index >= 15 is 0 Å². The van der Waals surface area contributed by atoms with Gasteiger partial charge in [-0.05, 0) is 65.2 Å². The molecule has 0 bridgehead atoms. The Morgan fingerprint density at radius 2 is 1.67 bits per heavy atom. The van der Waals surface area contributed by atoms with Crippen molar-refractivity contribution >= 4 is 22.4 Å². The third-order valence-electron chi connectivity index (χ3n) is 5.85. The van der Waals surface area contributed by atoms with Gasteiger partial charge in [-0.15, -0.1) is 0 Å². The molecular weight excluding hydrogens is 365 g/mol. The van der Waals surface area contributed by atoms with E-state index in [1.165, 1.54) is 6.26 Å². The Balaban J connectivity index is 1.87. The standard InChI is InChI=1S/C19H30BNO5S/c1-18(2)19(3,4)26-20(25-18)14-7-8-16(17(13-14)27(6,22)23)24-15-9-11-21(5)12-10-15/h7-8,13,15H,9-12H2,1-6H3. The van der Waals surface area contributed by atoms with Crippen molar-refractivity contribution in [3.8, 4) is 5.75 Å². The van der Waals surface area contributed by atoms with Crippen molar-refractivity contribution in [3.05, 3.63) is 18.2 Å². The van der Waals surface area contributed by atoms with E-state index in [2.05, 4.69) is 11.9 Å². The van der Waals surface area contributed by atoms with Crippen LogP contribution in [0.1, 0.15) is 40.5 Å². The van der Waals surface area contributed by atoms with Gasteiger partial charge in [-0.1, -0.05) is 6.07 Å². The highest BCUT2D eigenvalue weighted by molar-refractivity contribution is 7.90. The summed E-state index contributed by atoms with van der Waals surface area (Å²) in [6, 6.07) is 5.19. The summed E-state index contributed by atoms with van der Waals surface area (Å²) in [7, 11) is -1.97. The maximum Gasteiger partial charge on any atom is 0.494 e. The highest BCUT2D eigenvalue weighted by Crippen LogP contribution is 2.37. The summed E-state index contributed by atoms with van der Waals surface area (Å²) in [5.41, 5.74) is -0.275. The van der Waals surface area contributed by atoms with E-state index in [9.17, 15) is 8.42 Å². The minimum absolute atomic E-state index is 0.0318. The van der Waals surface area contributed by atoms with Gasteiger partial charge < -0.3 is 18.9 Å². The maximum atomic E-state index is 12.4. The van der Waals surface area contributed by atoms with E-state index in [1.54, 1.807) is 12.1 Å². The number of hydrogen-bond donors (Lipinski definition) is 0. The molecule has 0 aromatic heterocycles. The number of benzene rings is 1. The quantitative estimate of drug-likeness (QED) is 0.726. The summed E-state index contributed by atoms with van der Waals surface area (Å²) < 4.78 is 43.0. The Kier molecular flexibility index (Phi) is 5.40. The minimum Gasteiger partial charge on any atom is -0.489 e. The summed E-state index contributed by atoms with van der Waals surface area (Å²) >= 11 is 0. The van der Waals surface area contributed by atoms with Crippen LogP contribution < -0.4 is 10.2 Å². The van der Waals surface area contributed by atoms with E-state index in [1.807, 2.05) is 33.8 Å². The van der Waals surface area contributed by atoms with Crippen molar-refractivity contribution in [1.29, 1.82) is 0 Å². The summed E-state index contributed by atoms with van der Waals surface area (Å²) in [6.07, 6.45) is 3.01. The second-order valence-electron chi connectivity index (χ2n) is 8.69. The molecule has 3 rings (SSSR count). The third-order valence-corrected chi connectivity index (χ3v) is 6.97. The molecule has 8 heteroatoms. The average Bonchev–Trinajstić information content (AvgIpc) is 2.77. The number of piperidine rings is 1. The van der Waals surface area contributed by atoms with E-state index in [4.69, 9.17) is 14.0 Å². The summed E-state index contributed by atoms with van der Waals surface area (Å²) in [5.74, 6) is 0.410. The third kappa shape index (κ3) is 4.34. The van der Waals surface area contributed by atoms with Crippen molar-refractivity contribution < 1.29 is 22.5 Å². The number of likely N-dealkylation sites (tertiary alicyclic amines) is 1. The van der Waals surface area contributed by atoms with Crippen molar-refractivity contribution in [1.82, 2.24) is 4.90 Å². The van der Waals surface area contributed by atoms with Crippen LogP contribution in [0.4, 0.5) is 0 Å². The predicted octanol–water partition coefficient (Wildman–Crippen LogP) is 1.86. The molecule has 0 spiro atoms. The van der Waals surface area contributed by atoms with Gasteiger partial charge in [-0.25, -0.2) is 8.42 Å². The molecule has 27 heavy (non-hydrogen) atoms. The molecule has 2 aliphatic heterocycles. The normalized spacial score (nSPS) is 23.6. The second-order valence-corrected chi connectivity index (χ2v) is 10.7. The molecule has 6 nitrogen and oxygen atoms in total. The van der Waals surface area contributed by atoms with Crippen LogP contribution in [0.15, 0.2) is 23.1 Å². The van der Waals surface area contributed by atoms with Gasteiger partial charge in [0.05, 0.1) is 11.2 Å². The van der Waals surface area contributed by atoms with E-state index in [-0.39, 0.29) is 11.0 Å². The molecule has 2 aliphatic rings. The molecule has 2 fully saturated rings. The molecule has 1 aromatic carbocycles. The highest BCUT2D eigenvalue weighted by atomic mass is 32.2. The fraction of sp³-hybridized carbons (Fsp3) is 0.684. The molecule has 0 saturated carbocycles. The Labute approximate surface area is 163 Å². The summed E-state index contributed by atoms with van der Waals surface area (Å²) in [4.78, 5) is 2.44. The van der Waals surface area contributed by atoms with Crippen LogP contribution in [0.3, 0.4) is 0 Å². The molecular formula is C19H30BNO5S. The number of hydrogen-bond acceptors (Lipinski definition) is 6. The molecule has 150 valence electrons. The van der Waals surface area contributed by atoms with Crippen LogP contribution in [0, 0.1) is 0 Å². The molecule has 2 heterocycles. The fourth-order valence-electron chi connectivity index (χ4n) is 3.32. The second kappa shape index (κ2) is 7.06. The molecule has 1 aromatic rings. The molecule has 0 N–H and O–H groups in total. The topological polar surface area (TPSA) is 65.1 Å². The number of sulfone groups is 1. The van der Waals surface area contributed by atoms with Gasteiger partial charge in [-0.3, -0.25) is 0 Å². The smallest absolute Gasteiger partial charge is 0.489 e. The molecule has 0 radical (unpaired) electrons. The van der Waals surface area contributed by atoms with E-state index in [0.717, 1.165) is 25.9 Å². The van der Waals surface area contributed by atoms with Crippen molar-refractivity contribution in [3.63, 3.8) is 0 Å². The molecule has 0 atom stereocenters. The number of nitrogens with zero attached hydrogens (tertiary/aromatic N) is 1. The molecule has 0 amide bonds. The zero-order chi connectivity index (χ0) is 20.0. The number of rotatable bonds is 4. The summed E-state index contributed by atoms with van der Waals surface area (Å²) in [6.45, 7) is 9.80. The van der Waals surface area contributed by atoms with Gasteiger partial charge >= 0.3 is 7.12 Å². The first-order valence-corrected chi connectivity index (χ1v) is 11.3. The van der Waals surface area contributed by atoms with Crippen LogP contribution in [0.2, 0.25) is 0 Å². The zero-order valence-electron chi connectivity index (χ0n) is 17.1. The highest BCUT2D eigenvalue weighted by Gasteiger charge is 2.51. The largest absolute Gasteiger partial charge is 0.494 e. The van der Waals surface area contributed by atoms with Gasteiger partial charge in [0.1, 0.15) is 16.7 Å². The lowest BCUT2D eigenvalue weighted by atomic mass is 9.79. The maximum absolute atomic E-state index is 12.4. The summed E-state index contributed by atoms with van der Waals surface area (Å²) in [5, 5.41) is 0. The molecule has 0 unspecified atom stereocenters. The zero-order valence-corrected chi connectivity index (χ0v) is 17.9. The predicted molar refractivity (Wildman–Crippen MR) is 106 cm³/mol. The van der Waals surface area contributed by atoms with E-state index in [0.29, 0.717) is 11.2 Å². The lowest BCUT2D eigenvalue weighted by molar-refractivity contribution is 0.00578. The van der Waals surface area contributed by atoms with Gasteiger partial charge in [0.25, 0.3) is 0 Å². The fourth-order valence-corrected chi connectivity index (χ4v) is 4.15. The van der Waals surface area contributed by atoms with Gasteiger partial charge in [0.15, 0.2) is 9.84 Å². The van der Waals surface area contributed by atoms with Crippen molar-refractivity contribution in [2.45, 2.75) is 62.7 Å². The van der Waals surface area contributed by atoms with Gasteiger partial charge in [0, 0.05) is 19.3 Å². The van der Waals surface area contributed by atoms with Gasteiger partial charge in [0.2, 0.25) is 0 Å². The number of ether oxygens (including phenoxy) is 1. The Bertz CT molecular complexity index is 784. The first kappa shape index (κ1) is 20.6. The molecule has 0 aliphatic carbocycles. The van der Waals surface area contributed by atoms with Crippen molar-refractivity contribution in [2.75, 3.05) is 26.4 Å². The Morgan fingerprint density at radius 1 is 1.11 bits per heavy atom. The molecule has 2 saturated heterocycles. The first-order valence-electron chi connectivity index (χ1n) is 9.44. The van der Waals surface area contributed by atoms with Gasteiger partial charge in [-0.2, -0.15) is 0 Å².